The second kappa shape index (κ2) is 8.33. The number of Topliss-reactive ketones (excluding diaryl/α,β-unsaturated/α-hetero) is 1. The Morgan fingerprint density at radius 1 is 1.25 bits per heavy atom. The van der Waals surface area contributed by atoms with E-state index in [4.69, 9.17) is 9.47 Å². The van der Waals surface area contributed by atoms with Gasteiger partial charge in [0.2, 0.25) is 0 Å². The number of carbonyl (C=O) groups excluding carboxylic acids is 3. The van der Waals surface area contributed by atoms with Crippen LogP contribution in [-0.4, -0.2) is 41.3 Å². The molecule has 0 aliphatic carbocycles. The number of esters is 1. The molecule has 1 heterocycles. The summed E-state index contributed by atoms with van der Waals surface area (Å²) < 4.78 is 9.87. The molecule has 0 aliphatic rings. The molecule has 2 rings (SSSR count). The van der Waals surface area contributed by atoms with E-state index in [1.54, 1.807) is 13.8 Å². The molecule has 1 aromatic heterocycles. The summed E-state index contributed by atoms with van der Waals surface area (Å²) in [6.45, 7) is 3.97. The van der Waals surface area contributed by atoms with E-state index in [1.807, 2.05) is 0 Å². The molecule has 1 amide bonds. The maximum absolute atomic E-state index is 12.2. The number of methoxy groups -OCH3 is 1. The minimum Gasteiger partial charge on any atom is -0.496 e. The molecule has 0 aliphatic heterocycles. The number of amides is 1. The van der Waals surface area contributed by atoms with Gasteiger partial charge in [-0.05, 0) is 38.5 Å². The molecular weight excluding hydrogens is 370 g/mol. The molecule has 0 fully saturated rings. The quantitative estimate of drug-likeness (QED) is 0.321. The van der Waals surface area contributed by atoms with Crippen LogP contribution in [-0.2, 0) is 9.53 Å². The number of nitrogens with zero attached hydrogens (tertiary/aromatic N) is 1. The van der Waals surface area contributed by atoms with Crippen LogP contribution < -0.4 is 10.1 Å². The van der Waals surface area contributed by atoms with Crippen LogP contribution in [0.15, 0.2) is 18.2 Å². The van der Waals surface area contributed by atoms with Gasteiger partial charge in [0.05, 0.1) is 18.1 Å². The fourth-order valence-electron chi connectivity index (χ4n) is 2.77. The van der Waals surface area contributed by atoms with Crippen LogP contribution in [0.1, 0.15) is 39.0 Å². The molecule has 10 nitrogen and oxygen atoms in total. The number of aromatic nitrogens is 1. The molecule has 0 saturated carbocycles. The maximum atomic E-state index is 12.2. The highest BCUT2D eigenvalue weighted by Crippen LogP contribution is 2.28. The zero-order valence-electron chi connectivity index (χ0n) is 15.7. The predicted octanol–water partition coefficient (Wildman–Crippen LogP) is 2.55. The number of benzene rings is 1. The van der Waals surface area contributed by atoms with Crippen LogP contribution in [0.5, 0.6) is 5.75 Å². The number of aromatic amines is 1. The minimum absolute atomic E-state index is 0.0578. The third-order valence-electron chi connectivity index (χ3n) is 4.00. The molecule has 2 N–H and O–H groups in total. The van der Waals surface area contributed by atoms with Crippen molar-refractivity contribution in [2.24, 2.45) is 0 Å². The van der Waals surface area contributed by atoms with Crippen LogP contribution in [0.25, 0.3) is 0 Å². The highest BCUT2D eigenvalue weighted by atomic mass is 16.6. The van der Waals surface area contributed by atoms with E-state index in [-0.39, 0.29) is 28.6 Å². The van der Waals surface area contributed by atoms with Crippen molar-refractivity contribution in [3.8, 4) is 5.75 Å². The SMILES string of the molecule is COc1ccc(NC(=O)COC(=O)c2[nH]c(C)c(C(C)=O)c2C)c([N+](=O)[O-])c1. The van der Waals surface area contributed by atoms with Crippen LogP contribution in [0.4, 0.5) is 11.4 Å². The van der Waals surface area contributed by atoms with Gasteiger partial charge in [-0.15, -0.1) is 0 Å². The van der Waals surface area contributed by atoms with Gasteiger partial charge < -0.3 is 19.8 Å². The van der Waals surface area contributed by atoms with Crippen molar-refractivity contribution < 1.29 is 28.8 Å². The Bertz CT molecular complexity index is 962. The first-order valence-electron chi connectivity index (χ1n) is 8.15. The number of carbonyl (C=O) groups is 3. The molecule has 10 heteroatoms. The second-order valence-corrected chi connectivity index (χ2v) is 5.95. The summed E-state index contributed by atoms with van der Waals surface area (Å²) in [5.74, 6) is -1.51. The number of nitro benzene ring substituents is 1. The first-order chi connectivity index (χ1) is 13.1. The Hall–Kier alpha value is -3.69. The molecule has 148 valence electrons. The Labute approximate surface area is 160 Å². The van der Waals surface area contributed by atoms with Crippen LogP contribution in [0.2, 0.25) is 0 Å². The van der Waals surface area contributed by atoms with E-state index >= 15 is 0 Å². The zero-order chi connectivity index (χ0) is 21.0. The van der Waals surface area contributed by atoms with Crippen molar-refractivity contribution in [3.05, 3.63) is 50.8 Å². The van der Waals surface area contributed by atoms with Crippen molar-refractivity contribution in [2.75, 3.05) is 19.0 Å². The summed E-state index contributed by atoms with van der Waals surface area (Å²) >= 11 is 0. The number of ketones is 1. The highest BCUT2D eigenvalue weighted by Gasteiger charge is 2.22. The fraction of sp³-hybridized carbons (Fsp3) is 0.278. The number of aryl methyl sites for hydroxylation is 1. The third kappa shape index (κ3) is 4.34. The number of anilines is 1. The van der Waals surface area contributed by atoms with Crippen molar-refractivity contribution in [2.45, 2.75) is 20.8 Å². The van der Waals surface area contributed by atoms with Gasteiger partial charge in [-0.3, -0.25) is 19.7 Å². The smallest absolute Gasteiger partial charge is 0.355 e. The summed E-state index contributed by atoms with van der Waals surface area (Å²) in [6.07, 6.45) is 0. The number of rotatable bonds is 7. The van der Waals surface area contributed by atoms with Gasteiger partial charge in [0, 0.05) is 11.3 Å². The van der Waals surface area contributed by atoms with E-state index in [0.29, 0.717) is 16.8 Å². The summed E-state index contributed by atoms with van der Waals surface area (Å²) in [5, 5.41) is 13.5. The first kappa shape index (κ1) is 20.6. The maximum Gasteiger partial charge on any atom is 0.355 e. The molecule has 0 unspecified atom stereocenters. The lowest BCUT2D eigenvalue weighted by Gasteiger charge is -2.08. The van der Waals surface area contributed by atoms with Crippen molar-refractivity contribution in [1.29, 1.82) is 0 Å². The van der Waals surface area contributed by atoms with Gasteiger partial charge >= 0.3 is 5.97 Å². The van der Waals surface area contributed by atoms with Gasteiger partial charge in [0.25, 0.3) is 11.6 Å². The normalized spacial score (nSPS) is 10.3. The molecule has 0 spiro atoms. The minimum atomic E-state index is -0.813. The van der Waals surface area contributed by atoms with Gasteiger partial charge in [0.15, 0.2) is 12.4 Å². The zero-order valence-corrected chi connectivity index (χ0v) is 15.7. The average Bonchev–Trinajstić information content (AvgIpc) is 2.94. The Morgan fingerprint density at radius 2 is 1.93 bits per heavy atom. The lowest BCUT2D eigenvalue weighted by molar-refractivity contribution is -0.384. The summed E-state index contributed by atoms with van der Waals surface area (Å²) in [4.78, 5) is 49.1. The molecule has 0 saturated heterocycles. The van der Waals surface area contributed by atoms with Gasteiger partial charge in [-0.25, -0.2) is 4.79 Å². The molecule has 0 bridgehead atoms. The van der Waals surface area contributed by atoms with E-state index in [2.05, 4.69) is 10.3 Å². The summed E-state index contributed by atoms with van der Waals surface area (Å²) in [6, 6.07) is 3.92. The van der Waals surface area contributed by atoms with E-state index in [1.165, 1.54) is 26.2 Å². The van der Waals surface area contributed by atoms with Crippen molar-refractivity contribution >= 4 is 29.0 Å². The van der Waals surface area contributed by atoms with Gasteiger partial charge in [0.1, 0.15) is 17.1 Å². The molecule has 28 heavy (non-hydrogen) atoms. The van der Waals surface area contributed by atoms with Crippen molar-refractivity contribution in [1.82, 2.24) is 4.98 Å². The lowest BCUT2D eigenvalue weighted by Crippen LogP contribution is -2.22. The number of H-pyrrole nitrogens is 1. The topological polar surface area (TPSA) is 141 Å². The second-order valence-electron chi connectivity index (χ2n) is 5.95. The van der Waals surface area contributed by atoms with E-state index in [9.17, 15) is 24.5 Å². The molecule has 1 aromatic carbocycles. The average molecular weight is 389 g/mol. The van der Waals surface area contributed by atoms with Gasteiger partial charge in [-0.1, -0.05) is 0 Å². The largest absolute Gasteiger partial charge is 0.496 e. The van der Waals surface area contributed by atoms with E-state index < -0.39 is 23.4 Å². The molecule has 2 aromatic rings. The monoisotopic (exact) mass is 389 g/mol. The van der Waals surface area contributed by atoms with Gasteiger partial charge in [-0.2, -0.15) is 0 Å². The van der Waals surface area contributed by atoms with Crippen LogP contribution >= 0.6 is 0 Å². The molecule has 0 atom stereocenters. The molecule has 0 radical (unpaired) electrons. The third-order valence-corrected chi connectivity index (χ3v) is 4.00. The van der Waals surface area contributed by atoms with Crippen molar-refractivity contribution in [3.63, 3.8) is 0 Å². The fourth-order valence-corrected chi connectivity index (χ4v) is 2.77. The Kier molecular flexibility index (Phi) is 6.14. The number of nitro groups is 1. The Balaban J connectivity index is 2.07. The number of hydrogen-bond acceptors (Lipinski definition) is 7. The lowest BCUT2D eigenvalue weighted by atomic mass is 10.1. The summed E-state index contributed by atoms with van der Waals surface area (Å²) in [5.41, 5.74) is 1.01. The van der Waals surface area contributed by atoms with Crippen LogP contribution in [0.3, 0.4) is 0 Å². The number of ether oxygens (including phenoxy) is 2. The Morgan fingerprint density at radius 3 is 2.46 bits per heavy atom. The predicted molar refractivity (Wildman–Crippen MR) is 98.8 cm³/mol. The molecular formula is C18H19N3O7. The van der Waals surface area contributed by atoms with E-state index in [0.717, 1.165) is 6.07 Å². The standard InChI is InChI=1S/C18H19N3O7/c1-9-16(11(3)22)10(2)19-17(9)18(24)28-8-15(23)20-13-6-5-12(27-4)7-14(13)21(25)26/h5-7,19H,8H2,1-4H3,(H,20,23). The first-order valence-corrected chi connectivity index (χ1v) is 8.15. The summed E-state index contributed by atoms with van der Waals surface area (Å²) in [7, 11) is 1.36. The number of hydrogen-bond donors (Lipinski definition) is 2. The number of nitrogens with one attached hydrogen (secondary N) is 2. The highest BCUT2D eigenvalue weighted by molar-refractivity contribution is 6.02. The van der Waals surface area contributed by atoms with Crippen LogP contribution in [0, 0.1) is 24.0 Å².